The number of rotatable bonds is 4. The van der Waals surface area contributed by atoms with Gasteiger partial charge in [-0.15, -0.1) is 11.3 Å². The van der Waals surface area contributed by atoms with E-state index in [0.717, 1.165) is 11.3 Å². The minimum atomic E-state index is -1.16. The number of aliphatic carboxylic acids is 1. The van der Waals surface area contributed by atoms with Crippen LogP contribution in [0.1, 0.15) is 35.3 Å². The zero-order valence-electron chi connectivity index (χ0n) is 14.4. The van der Waals surface area contributed by atoms with Crippen molar-refractivity contribution in [2.75, 3.05) is 0 Å². The van der Waals surface area contributed by atoms with Gasteiger partial charge in [0, 0.05) is 7.05 Å². The van der Waals surface area contributed by atoms with Gasteiger partial charge in [0.05, 0.1) is 27.2 Å². The highest BCUT2D eigenvalue weighted by molar-refractivity contribution is 7.13. The van der Waals surface area contributed by atoms with Crippen LogP contribution in [-0.2, 0) is 11.8 Å². The molecule has 4 rings (SSSR count). The van der Waals surface area contributed by atoms with Crippen LogP contribution in [0.2, 0.25) is 0 Å². The Morgan fingerprint density at radius 2 is 2.15 bits per heavy atom. The Morgan fingerprint density at radius 3 is 2.73 bits per heavy atom. The highest BCUT2D eigenvalue weighted by atomic mass is 32.1. The monoisotopic (exact) mass is 370 g/mol. The van der Waals surface area contributed by atoms with E-state index in [1.54, 1.807) is 17.8 Å². The lowest BCUT2D eigenvalue weighted by Crippen LogP contribution is -2.59. The smallest absolute Gasteiger partial charge is 0.329 e. The van der Waals surface area contributed by atoms with Crippen LogP contribution in [0.5, 0.6) is 0 Å². The number of hydrogen-bond donors (Lipinski definition) is 2. The molecule has 0 atom stereocenters. The minimum Gasteiger partial charge on any atom is -0.480 e. The molecule has 2 N–H and O–H groups in total. The molecule has 1 saturated carbocycles. The van der Waals surface area contributed by atoms with Gasteiger partial charge in [-0.25, -0.2) is 9.78 Å². The van der Waals surface area contributed by atoms with Crippen LogP contribution < -0.4 is 5.32 Å². The summed E-state index contributed by atoms with van der Waals surface area (Å²) in [4.78, 5) is 30.2. The number of carboxylic acid groups (broad SMARTS) is 1. The number of carbonyl (C=O) groups excluding carboxylic acids is 1. The molecule has 3 aromatic rings. The van der Waals surface area contributed by atoms with Crippen LogP contribution in [0.15, 0.2) is 23.6 Å². The predicted molar refractivity (Wildman–Crippen MR) is 98.2 cm³/mol. The third-order valence-electron chi connectivity index (χ3n) is 4.96. The van der Waals surface area contributed by atoms with E-state index in [-0.39, 0.29) is 0 Å². The Kier molecular flexibility index (Phi) is 3.80. The number of carbonyl (C=O) groups is 2. The van der Waals surface area contributed by atoms with Crippen LogP contribution in [0.25, 0.3) is 21.6 Å². The maximum Gasteiger partial charge on any atom is 0.329 e. The minimum absolute atomic E-state index is 0.395. The van der Waals surface area contributed by atoms with E-state index in [4.69, 9.17) is 0 Å². The molecule has 0 aromatic carbocycles. The quantitative estimate of drug-likeness (QED) is 0.736. The first-order chi connectivity index (χ1) is 12.4. The highest BCUT2D eigenvalue weighted by Gasteiger charge is 2.46. The first-order valence-corrected chi connectivity index (χ1v) is 9.23. The van der Waals surface area contributed by atoms with E-state index in [2.05, 4.69) is 15.4 Å². The van der Waals surface area contributed by atoms with Crippen molar-refractivity contribution in [2.24, 2.45) is 7.05 Å². The summed E-state index contributed by atoms with van der Waals surface area (Å²) in [5.74, 6) is -1.38. The van der Waals surface area contributed by atoms with Crippen molar-refractivity contribution >= 4 is 34.2 Å². The fourth-order valence-corrected chi connectivity index (χ4v) is 4.07. The molecule has 0 bridgehead atoms. The molecule has 134 valence electrons. The lowest BCUT2D eigenvalue weighted by Gasteiger charge is -2.38. The lowest BCUT2D eigenvalue weighted by molar-refractivity contribution is -0.148. The van der Waals surface area contributed by atoms with Crippen LogP contribution in [0, 0.1) is 6.92 Å². The summed E-state index contributed by atoms with van der Waals surface area (Å²) in [5, 5.41) is 19.2. The highest BCUT2D eigenvalue weighted by Crippen LogP contribution is 2.34. The SMILES string of the molecule is Cc1nn(C)c2nc(-c3cccs3)cc(C(=O)NC3(C(=O)O)CCC3)c12. The first kappa shape index (κ1) is 16.7. The number of fused-ring (bicyclic) bond motifs is 1. The molecule has 1 fully saturated rings. The van der Waals surface area contributed by atoms with Crippen molar-refractivity contribution in [2.45, 2.75) is 31.7 Å². The topological polar surface area (TPSA) is 97.1 Å². The second-order valence-corrected chi connectivity index (χ2v) is 7.58. The molecule has 1 amide bonds. The van der Waals surface area contributed by atoms with E-state index in [0.29, 0.717) is 40.8 Å². The van der Waals surface area contributed by atoms with E-state index in [1.807, 2.05) is 24.4 Å². The number of pyridine rings is 1. The number of aryl methyl sites for hydroxylation is 2. The molecule has 1 aliphatic rings. The summed E-state index contributed by atoms with van der Waals surface area (Å²) in [7, 11) is 1.78. The molecular weight excluding hydrogens is 352 g/mol. The van der Waals surface area contributed by atoms with Gasteiger partial charge in [0.15, 0.2) is 5.65 Å². The van der Waals surface area contributed by atoms with Gasteiger partial charge in [-0.1, -0.05) is 6.07 Å². The third-order valence-corrected chi connectivity index (χ3v) is 5.85. The largest absolute Gasteiger partial charge is 0.480 e. The normalized spacial score (nSPS) is 15.6. The second kappa shape index (κ2) is 5.91. The standard InChI is InChI=1S/C18H18N4O3S/c1-10-14-11(16(23)20-18(17(24)25)6-4-7-18)9-12(13-5-3-8-26-13)19-15(14)22(2)21-10/h3,5,8-9H,4,6-7H2,1-2H3,(H,20,23)(H,24,25). The third kappa shape index (κ3) is 2.48. The van der Waals surface area contributed by atoms with Gasteiger partial charge in [-0.3, -0.25) is 9.48 Å². The fourth-order valence-electron chi connectivity index (χ4n) is 3.38. The molecule has 3 aromatic heterocycles. The summed E-state index contributed by atoms with van der Waals surface area (Å²) in [6.45, 7) is 1.82. The molecule has 7 nitrogen and oxygen atoms in total. The Hall–Kier alpha value is -2.74. The van der Waals surface area contributed by atoms with Gasteiger partial charge in [0.1, 0.15) is 5.54 Å². The number of hydrogen-bond acceptors (Lipinski definition) is 5. The van der Waals surface area contributed by atoms with Gasteiger partial charge < -0.3 is 10.4 Å². The van der Waals surface area contributed by atoms with Crippen molar-refractivity contribution < 1.29 is 14.7 Å². The maximum atomic E-state index is 13.0. The number of nitrogens with one attached hydrogen (secondary N) is 1. The van der Waals surface area contributed by atoms with Crippen molar-refractivity contribution in [3.63, 3.8) is 0 Å². The number of amides is 1. The number of aromatic nitrogens is 3. The van der Waals surface area contributed by atoms with Crippen molar-refractivity contribution in [3.8, 4) is 10.6 Å². The number of nitrogens with zero attached hydrogens (tertiary/aromatic N) is 3. The van der Waals surface area contributed by atoms with Gasteiger partial charge in [-0.05, 0) is 43.7 Å². The average molecular weight is 370 g/mol. The van der Waals surface area contributed by atoms with Gasteiger partial charge >= 0.3 is 5.97 Å². The Balaban J connectivity index is 1.85. The second-order valence-electron chi connectivity index (χ2n) is 6.63. The lowest BCUT2D eigenvalue weighted by atomic mass is 9.76. The summed E-state index contributed by atoms with van der Waals surface area (Å²) < 4.78 is 1.65. The van der Waals surface area contributed by atoms with Gasteiger partial charge in [-0.2, -0.15) is 5.10 Å². The van der Waals surface area contributed by atoms with Crippen LogP contribution in [-0.4, -0.2) is 37.3 Å². The van der Waals surface area contributed by atoms with E-state index in [1.165, 1.54) is 11.3 Å². The van der Waals surface area contributed by atoms with E-state index >= 15 is 0 Å². The summed E-state index contributed by atoms with van der Waals surface area (Å²) in [6, 6.07) is 5.59. The molecule has 0 unspecified atom stereocenters. The average Bonchev–Trinajstić information content (AvgIpc) is 3.19. The predicted octanol–water partition coefficient (Wildman–Crippen LogP) is 2.74. The molecule has 0 saturated heterocycles. The molecular formula is C18H18N4O3S. The van der Waals surface area contributed by atoms with Gasteiger partial charge in [0.25, 0.3) is 5.91 Å². The van der Waals surface area contributed by atoms with Crippen LogP contribution in [0.4, 0.5) is 0 Å². The number of carboxylic acids is 1. The Labute approximate surface area is 153 Å². The fraction of sp³-hybridized carbons (Fsp3) is 0.333. The van der Waals surface area contributed by atoms with Gasteiger partial charge in [0.2, 0.25) is 0 Å². The molecule has 0 aliphatic heterocycles. The van der Waals surface area contributed by atoms with Crippen molar-refractivity contribution in [1.29, 1.82) is 0 Å². The first-order valence-electron chi connectivity index (χ1n) is 8.35. The summed E-state index contributed by atoms with van der Waals surface area (Å²) in [6.07, 6.45) is 1.70. The summed E-state index contributed by atoms with van der Waals surface area (Å²) in [5.41, 5.74) is 1.23. The molecule has 0 spiro atoms. The zero-order chi connectivity index (χ0) is 18.5. The molecule has 1 aliphatic carbocycles. The Morgan fingerprint density at radius 1 is 1.38 bits per heavy atom. The molecule has 8 heteroatoms. The zero-order valence-corrected chi connectivity index (χ0v) is 15.3. The van der Waals surface area contributed by atoms with Crippen LogP contribution >= 0.6 is 11.3 Å². The molecule has 0 radical (unpaired) electrons. The molecule has 3 heterocycles. The van der Waals surface area contributed by atoms with Crippen molar-refractivity contribution in [1.82, 2.24) is 20.1 Å². The van der Waals surface area contributed by atoms with E-state index in [9.17, 15) is 14.7 Å². The van der Waals surface area contributed by atoms with E-state index < -0.39 is 17.4 Å². The van der Waals surface area contributed by atoms with Crippen LogP contribution in [0.3, 0.4) is 0 Å². The van der Waals surface area contributed by atoms with Crippen molar-refractivity contribution in [3.05, 3.63) is 34.8 Å². The molecule has 26 heavy (non-hydrogen) atoms. The number of thiophene rings is 1. The summed E-state index contributed by atoms with van der Waals surface area (Å²) >= 11 is 1.53. The maximum absolute atomic E-state index is 13.0. The Bertz CT molecular complexity index is 1020.